The molecule has 1 aromatic rings. The van der Waals surface area contributed by atoms with Crippen molar-refractivity contribution < 1.29 is 9.53 Å². The predicted molar refractivity (Wildman–Crippen MR) is 70.6 cm³/mol. The van der Waals surface area contributed by atoms with Gasteiger partial charge in [0.15, 0.2) is 0 Å². The molecule has 0 aliphatic carbocycles. The number of amides is 1. The molecular formula is C12H19ClN2O2. The minimum atomic E-state index is -0.473. The fourth-order valence-corrected chi connectivity index (χ4v) is 1.21. The number of hydrogen-bond donors (Lipinski definition) is 2. The van der Waals surface area contributed by atoms with Gasteiger partial charge < -0.3 is 15.8 Å². The number of carbonyl (C=O) groups is 1. The number of nitrogens with one attached hydrogen (secondary N) is 1. The van der Waals surface area contributed by atoms with Crippen LogP contribution in [0.2, 0.25) is 0 Å². The standard InChI is InChI=1S/C12H18N2O2.ClH/c1-9-4-3-5-11(8-9)16-7-6-14-12(15)10(2)13;/h3-5,8,10H,6-7,13H2,1-2H3,(H,14,15);1H/t10-;/m1./s1. The first-order chi connectivity index (χ1) is 7.59. The van der Waals surface area contributed by atoms with Crippen LogP contribution in [0.25, 0.3) is 0 Å². The third-order valence-electron chi connectivity index (χ3n) is 2.07. The highest BCUT2D eigenvalue weighted by molar-refractivity contribution is 5.85. The Kier molecular flexibility index (Phi) is 7.34. The van der Waals surface area contributed by atoms with Gasteiger partial charge in [0.25, 0.3) is 0 Å². The number of hydrogen-bond acceptors (Lipinski definition) is 3. The molecular weight excluding hydrogens is 240 g/mol. The van der Waals surface area contributed by atoms with Crippen LogP contribution in [-0.4, -0.2) is 25.1 Å². The lowest BCUT2D eigenvalue weighted by Crippen LogP contribution is -2.40. The first-order valence-electron chi connectivity index (χ1n) is 5.32. The van der Waals surface area contributed by atoms with Crippen LogP contribution < -0.4 is 15.8 Å². The lowest BCUT2D eigenvalue weighted by Gasteiger charge is -2.09. The molecule has 0 aliphatic rings. The molecule has 0 bridgehead atoms. The van der Waals surface area contributed by atoms with Gasteiger partial charge in [0.2, 0.25) is 5.91 Å². The minimum Gasteiger partial charge on any atom is -0.492 e. The van der Waals surface area contributed by atoms with Gasteiger partial charge in [0.05, 0.1) is 12.6 Å². The lowest BCUT2D eigenvalue weighted by atomic mass is 10.2. The molecule has 5 heteroatoms. The molecule has 1 atom stereocenters. The molecule has 0 saturated heterocycles. The first kappa shape index (κ1) is 15.7. The summed E-state index contributed by atoms with van der Waals surface area (Å²) in [7, 11) is 0. The van der Waals surface area contributed by atoms with E-state index in [4.69, 9.17) is 10.5 Å². The second-order valence-electron chi connectivity index (χ2n) is 3.74. The van der Waals surface area contributed by atoms with Gasteiger partial charge in [-0.1, -0.05) is 12.1 Å². The molecule has 3 N–H and O–H groups in total. The zero-order chi connectivity index (χ0) is 12.0. The Hall–Kier alpha value is -1.26. The quantitative estimate of drug-likeness (QED) is 0.782. The van der Waals surface area contributed by atoms with E-state index in [1.165, 1.54) is 0 Å². The van der Waals surface area contributed by atoms with Crippen LogP contribution in [0.15, 0.2) is 24.3 Å². The molecule has 0 spiro atoms. The van der Waals surface area contributed by atoms with Crippen molar-refractivity contribution in [2.45, 2.75) is 19.9 Å². The highest BCUT2D eigenvalue weighted by Gasteiger charge is 2.05. The van der Waals surface area contributed by atoms with Crippen LogP contribution >= 0.6 is 12.4 Å². The smallest absolute Gasteiger partial charge is 0.236 e. The summed E-state index contributed by atoms with van der Waals surface area (Å²) in [6.45, 7) is 4.57. The molecule has 96 valence electrons. The van der Waals surface area contributed by atoms with Crippen molar-refractivity contribution in [2.75, 3.05) is 13.2 Å². The molecule has 0 fully saturated rings. The molecule has 0 unspecified atom stereocenters. The Morgan fingerprint density at radius 3 is 2.82 bits per heavy atom. The van der Waals surface area contributed by atoms with Gasteiger partial charge in [-0.2, -0.15) is 0 Å². The largest absolute Gasteiger partial charge is 0.492 e. The third kappa shape index (κ3) is 6.14. The number of aryl methyl sites for hydroxylation is 1. The number of benzene rings is 1. The van der Waals surface area contributed by atoms with Crippen molar-refractivity contribution in [3.05, 3.63) is 29.8 Å². The van der Waals surface area contributed by atoms with Crippen molar-refractivity contribution in [2.24, 2.45) is 5.73 Å². The summed E-state index contributed by atoms with van der Waals surface area (Å²) in [6, 6.07) is 7.31. The summed E-state index contributed by atoms with van der Waals surface area (Å²) in [5, 5.41) is 2.68. The molecule has 17 heavy (non-hydrogen) atoms. The van der Waals surface area contributed by atoms with E-state index in [0.717, 1.165) is 11.3 Å². The molecule has 0 aliphatic heterocycles. The number of rotatable bonds is 5. The van der Waals surface area contributed by atoms with Crippen LogP contribution in [0.5, 0.6) is 5.75 Å². The van der Waals surface area contributed by atoms with E-state index in [2.05, 4.69) is 5.32 Å². The highest BCUT2D eigenvalue weighted by atomic mass is 35.5. The summed E-state index contributed by atoms with van der Waals surface area (Å²) >= 11 is 0. The van der Waals surface area contributed by atoms with Crippen LogP contribution in [0.1, 0.15) is 12.5 Å². The van der Waals surface area contributed by atoms with Crippen LogP contribution in [0, 0.1) is 6.92 Å². The molecule has 0 heterocycles. The Bertz CT molecular complexity index is 356. The molecule has 0 aromatic heterocycles. The summed E-state index contributed by atoms with van der Waals surface area (Å²) in [5.74, 6) is 0.655. The van der Waals surface area contributed by atoms with Crippen molar-refractivity contribution in [3.8, 4) is 5.75 Å². The average molecular weight is 259 g/mol. The zero-order valence-electron chi connectivity index (χ0n) is 10.1. The van der Waals surface area contributed by atoms with E-state index in [1.54, 1.807) is 6.92 Å². The van der Waals surface area contributed by atoms with Crippen LogP contribution in [0.4, 0.5) is 0 Å². The Balaban J connectivity index is 0.00000256. The van der Waals surface area contributed by atoms with Crippen molar-refractivity contribution in [1.29, 1.82) is 0 Å². The van der Waals surface area contributed by atoms with E-state index < -0.39 is 6.04 Å². The van der Waals surface area contributed by atoms with Gasteiger partial charge in [0.1, 0.15) is 12.4 Å². The summed E-state index contributed by atoms with van der Waals surface area (Å²) in [6.07, 6.45) is 0. The van der Waals surface area contributed by atoms with Gasteiger partial charge in [-0.15, -0.1) is 12.4 Å². The molecule has 1 rings (SSSR count). The first-order valence-corrected chi connectivity index (χ1v) is 5.32. The summed E-state index contributed by atoms with van der Waals surface area (Å²) in [4.78, 5) is 11.1. The van der Waals surface area contributed by atoms with Crippen LogP contribution in [-0.2, 0) is 4.79 Å². The van der Waals surface area contributed by atoms with Crippen LogP contribution in [0.3, 0.4) is 0 Å². The highest BCUT2D eigenvalue weighted by Crippen LogP contribution is 2.11. The van der Waals surface area contributed by atoms with E-state index in [9.17, 15) is 4.79 Å². The molecule has 1 aromatic carbocycles. The number of nitrogens with two attached hydrogens (primary N) is 1. The maximum atomic E-state index is 11.1. The zero-order valence-corrected chi connectivity index (χ0v) is 10.9. The average Bonchev–Trinajstić information content (AvgIpc) is 2.24. The number of halogens is 1. The maximum Gasteiger partial charge on any atom is 0.236 e. The SMILES string of the molecule is Cc1cccc(OCCNC(=O)[C@@H](C)N)c1.Cl. The van der Waals surface area contributed by atoms with E-state index in [0.29, 0.717) is 13.2 Å². The van der Waals surface area contributed by atoms with Gasteiger partial charge in [-0.05, 0) is 31.5 Å². The van der Waals surface area contributed by atoms with E-state index in [1.807, 2.05) is 31.2 Å². The molecule has 0 saturated carbocycles. The molecule has 4 nitrogen and oxygen atoms in total. The fourth-order valence-electron chi connectivity index (χ4n) is 1.21. The monoisotopic (exact) mass is 258 g/mol. The van der Waals surface area contributed by atoms with E-state index in [-0.39, 0.29) is 18.3 Å². The third-order valence-corrected chi connectivity index (χ3v) is 2.07. The summed E-state index contributed by atoms with van der Waals surface area (Å²) < 4.78 is 5.46. The van der Waals surface area contributed by atoms with Crippen molar-refractivity contribution >= 4 is 18.3 Å². The summed E-state index contributed by atoms with van der Waals surface area (Å²) in [5.41, 5.74) is 6.55. The lowest BCUT2D eigenvalue weighted by molar-refractivity contribution is -0.122. The maximum absolute atomic E-state index is 11.1. The second kappa shape index (κ2) is 7.92. The van der Waals surface area contributed by atoms with Gasteiger partial charge in [-0.25, -0.2) is 0 Å². The Morgan fingerprint density at radius 2 is 2.24 bits per heavy atom. The number of carbonyl (C=O) groups excluding carboxylic acids is 1. The van der Waals surface area contributed by atoms with Gasteiger partial charge >= 0.3 is 0 Å². The second-order valence-corrected chi connectivity index (χ2v) is 3.74. The fraction of sp³-hybridized carbons (Fsp3) is 0.417. The van der Waals surface area contributed by atoms with Gasteiger partial charge in [0, 0.05) is 0 Å². The Labute approximate surface area is 108 Å². The number of ether oxygens (including phenoxy) is 1. The van der Waals surface area contributed by atoms with E-state index >= 15 is 0 Å². The normalized spacial score (nSPS) is 11.2. The van der Waals surface area contributed by atoms with Crippen molar-refractivity contribution in [3.63, 3.8) is 0 Å². The van der Waals surface area contributed by atoms with Crippen molar-refractivity contribution in [1.82, 2.24) is 5.32 Å². The molecule has 0 radical (unpaired) electrons. The van der Waals surface area contributed by atoms with Gasteiger partial charge in [-0.3, -0.25) is 4.79 Å². The predicted octanol–water partition coefficient (Wildman–Crippen LogP) is 1.26. The Morgan fingerprint density at radius 1 is 1.53 bits per heavy atom. The minimum absolute atomic E-state index is 0. The topological polar surface area (TPSA) is 64.3 Å². The molecule has 1 amide bonds.